The van der Waals surface area contributed by atoms with E-state index >= 15 is 8.78 Å². The largest absolute Gasteiger partial charge is 0.496 e. The molecular formula is C44H52F2N8O8. The van der Waals surface area contributed by atoms with Crippen molar-refractivity contribution >= 4 is 35.3 Å². The van der Waals surface area contributed by atoms with Gasteiger partial charge in [-0.25, -0.2) is 13.6 Å². The van der Waals surface area contributed by atoms with Crippen molar-refractivity contribution < 1.29 is 42.2 Å². The van der Waals surface area contributed by atoms with Crippen LogP contribution in [-0.4, -0.2) is 139 Å². The molecule has 3 aromatic rings. The van der Waals surface area contributed by atoms with Crippen LogP contribution in [-0.2, 0) is 36.1 Å². The average molecular weight is 859 g/mol. The number of nitrogens with one attached hydrogen (secondary N) is 2. The number of piperidine rings is 2. The van der Waals surface area contributed by atoms with E-state index in [2.05, 4.69) is 15.5 Å². The second-order valence-corrected chi connectivity index (χ2v) is 16.8. The molecule has 2 N–H and O–H groups in total. The van der Waals surface area contributed by atoms with Gasteiger partial charge in [0.15, 0.2) is 0 Å². The molecule has 6 heterocycles. The van der Waals surface area contributed by atoms with Crippen LogP contribution < -0.4 is 30.6 Å². The zero-order valence-electron chi connectivity index (χ0n) is 35.4. The number of hydrogen-bond donors (Lipinski definition) is 2. The van der Waals surface area contributed by atoms with Crippen molar-refractivity contribution in [2.24, 2.45) is 13.0 Å². The molecule has 330 valence electrons. The monoisotopic (exact) mass is 858 g/mol. The van der Waals surface area contributed by atoms with Crippen LogP contribution in [0.3, 0.4) is 0 Å². The summed E-state index contributed by atoms with van der Waals surface area (Å²) in [6.07, 6.45) is 3.07. The highest BCUT2D eigenvalue weighted by Crippen LogP contribution is 2.40. The molecule has 16 nitrogen and oxygen atoms in total. The lowest BCUT2D eigenvalue weighted by Gasteiger charge is -2.41. The molecule has 18 heteroatoms. The summed E-state index contributed by atoms with van der Waals surface area (Å²) in [4.78, 5) is 84.6. The van der Waals surface area contributed by atoms with Crippen LogP contribution in [0, 0.1) is 5.92 Å². The minimum absolute atomic E-state index is 0.0345. The molecule has 62 heavy (non-hydrogen) atoms. The fourth-order valence-electron chi connectivity index (χ4n) is 9.66. The number of amides is 6. The Morgan fingerprint density at radius 3 is 2.15 bits per heavy atom. The van der Waals surface area contributed by atoms with Crippen molar-refractivity contribution in [2.75, 3.05) is 78.5 Å². The molecular weight excluding hydrogens is 807 g/mol. The van der Waals surface area contributed by atoms with E-state index in [1.807, 2.05) is 17.0 Å². The molecule has 2 aromatic carbocycles. The molecule has 1 atom stereocenters. The highest BCUT2D eigenvalue weighted by Gasteiger charge is 2.46. The van der Waals surface area contributed by atoms with Crippen LogP contribution in [0.5, 0.6) is 11.5 Å². The number of ether oxygens (including phenoxy) is 2. The molecule has 8 rings (SSSR count). The number of nitrogens with zero attached hydrogens (tertiary/aromatic N) is 6. The second-order valence-electron chi connectivity index (χ2n) is 16.8. The summed E-state index contributed by atoms with van der Waals surface area (Å²) in [5, 5.41) is 4.84. The van der Waals surface area contributed by atoms with Gasteiger partial charge in [-0.3, -0.25) is 44.0 Å². The number of likely N-dealkylation sites (tertiary alicyclic amines) is 1. The maximum absolute atomic E-state index is 16.0. The average Bonchev–Trinajstić information content (AvgIpc) is 3.52. The van der Waals surface area contributed by atoms with Gasteiger partial charge in [0.1, 0.15) is 17.5 Å². The van der Waals surface area contributed by atoms with Gasteiger partial charge >= 0.3 is 6.03 Å². The van der Waals surface area contributed by atoms with Crippen LogP contribution in [0.2, 0.25) is 0 Å². The summed E-state index contributed by atoms with van der Waals surface area (Å²) in [5.41, 5.74) is 4.83. The molecule has 1 aromatic heterocycles. The van der Waals surface area contributed by atoms with Crippen LogP contribution >= 0.6 is 0 Å². The third-order valence-electron chi connectivity index (χ3n) is 13.2. The predicted molar refractivity (Wildman–Crippen MR) is 224 cm³/mol. The lowest BCUT2D eigenvalue weighted by molar-refractivity contribution is -0.136. The van der Waals surface area contributed by atoms with E-state index in [0.717, 1.165) is 27.2 Å². The van der Waals surface area contributed by atoms with Gasteiger partial charge in [-0.05, 0) is 80.2 Å². The number of piperazine rings is 1. The first kappa shape index (κ1) is 42.8. The lowest BCUT2D eigenvalue weighted by Crippen LogP contribution is -2.54. The number of rotatable bonds is 10. The number of aromatic nitrogens is 1. The number of fused-ring (bicyclic) bond motifs is 2. The Morgan fingerprint density at radius 1 is 0.823 bits per heavy atom. The number of methoxy groups -OCH3 is 2. The summed E-state index contributed by atoms with van der Waals surface area (Å²) in [6.45, 7) is 3.40. The van der Waals surface area contributed by atoms with Crippen LogP contribution in [0.1, 0.15) is 63.1 Å². The SMILES string of the molecule is CNC(=O)N1CCc2c(-c3cc(OC)c(CN4CCC(C(F)(F)CN5CCN(c6ccc7c(c6)C(=O)N(C6CCC(=O)NC6=O)C7=O)CC5)CC4)c(OC)c3)cn(C)c(=O)c2C1. The molecule has 0 spiro atoms. The van der Waals surface area contributed by atoms with E-state index in [1.165, 1.54) is 4.57 Å². The molecule has 1 unspecified atom stereocenters. The fraction of sp³-hybridized carbons (Fsp3) is 0.500. The van der Waals surface area contributed by atoms with Crippen molar-refractivity contribution in [2.45, 2.75) is 57.2 Å². The molecule has 0 bridgehead atoms. The predicted octanol–water partition coefficient (Wildman–Crippen LogP) is 2.84. The zero-order chi connectivity index (χ0) is 44.0. The number of hydrogen-bond acceptors (Lipinski definition) is 11. The number of alkyl halides is 2. The summed E-state index contributed by atoms with van der Waals surface area (Å²) in [6, 6.07) is 7.49. The summed E-state index contributed by atoms with van der Waals surface area (Å²) >= 11 is 0. The third-order valence-corrected chi connectivity index (χ3v) is 13.2. The van der Waals surface area contributed by atoms with E-state index < -0.39 is 41.5 Å². The van der Waals surface area contributed by atoms with E-state index in [4.69, 9.17) is 9.47 Å². The normalized spacial score (nSPS) is 20.3. The quantitative estimate of drug-likeness (QED) is 0.288. The van der Waals surface area contributed by atoms with E-state index in [1.54, 1.807) is 62.5 Å². The van der Waals surface area contributed by atoms with Gasteiger partial charge in [0, 0.05) is 88.7 Å². The highest BCUT2D eigenvalue weighted by molar-refractivity contribution is 6.23. The number of carbonyl (C=O) groups excluding carboxylic acids is 5. The molecule has 0 aliphatic carbocycles. The lowest BCUT2D eigenvalue weighted by atomic mass is 9.89. The smallest absolute Gasteiger partial charge is 0.317 e. The van der Waals surface area contributed by atoms with Gasteiger partial charge < -0.3 is 29.2 Å². The standard InChI is InChI=1S/C44H52F2N8O8/c1-47-43(60)53-14-11-29-32(22-49(2)40(57)33(29)24-53)26-19-36(61-3)34(37(20-26)62-4)23-50-12-9-27(10-13-50)44(45,46)25-51-15-17-52(18-16-51)28-5-6-30-31(21-28)42(59)54(41(30)58)35-7-8-38(55)48-39(35)56/h5-6,19-22,27,35H,7-18,23-25H2,1-4H3,(H,47,60)(H,48,55,56). The Morgan fingerprint density at radius 2 is 1.50 bits per heavy atom. The first-order chi connectivity index (χ1) is 29.7. The number of pyridine rings is 1. The Labute approximate surface area is 357 Å². The van der Waals surface area contributed by atoms with Crippen molar-refractivity contribution in [1.82, 2.24) is 34.8 Å². The van der Waals surface area contributed by atoms with Gasteiger partial charge in [0.25, 0.3) is 23.3 Å². The first-order valence-corrected chi connectivity index (χ1v) is 21.1. The van der Waals surface area contributed by atoms with Gasteiger partial charge in [-0.15, -0.1) is 0 Å². The highest BCUT2D eigenvalue weighted by atomic mass is 19.3. The van der Waals surface area contributed by atoms with Gasteiger partial charge in [-0.1, -0.05) is 0 Å². The molecule has 5 aliphatic heterocycles. The molecule has 3 saturated heterocycles. The maximum Gasteiger partial charge on any atom is 0.317 e. The number of aryl methyl sites for hydroxylation is 1. The number of carbonyl (C=O) groups is 5. The van der Waals surface area contributed by atoms with E-state index in [0.29, 0.717) is 94.4 Å². The number of halogens is 2. The zero-order valence-corrected chi connectivity index (χ0v) is 35.4. The van der Waals surface area contributed by atoms with E-state index in [9.17, 15) is 28.8 Å². The van der Waals surface area contributed by atoms with Crippen LogP contribution in [0.4, 0.5) is 19.3 Å². The maximum atomic E-state index is 16.0. The topological polar surface area (TPSA) is 166 Å². The van der Waals surface area contributed by atoms with Crippen molar-refractivity contribution in [3.63, 3.8) is 0 Å². The van der Waals surface area contributed by atoms with E-state index in [-0.39, 0.29) is 48.6 Å². The summed E-state index contributed by atoms with van der Waals surface area (Å²) < 4.78 is 45.2. The Kier molecular flexibility index (Phi) is 11.8. The van der Waals surface area contributed by atoms with Crippen molar-refractivity contribution in [3.05, 3.63) is 74.7 Å². The third kappa shape index (κ3) is 8.00. The van der Waals surface area contributed by atoms with Crippen molar-refractivity contribution in [1.29, 1.82) is 0 Å². The second kappa shape index (κ2) is 17.1. The van der Waals surface area contributed by atoms with Gasteiger partial charge in [0.05, 0.1) is 44.0 Å². The molecule has 3 fully saturated rings. The van der Waals surface area contributed by atoms with Crippen LogP contribution in [0.25, 0.3) is 11.1 Å². The fourth-order valence-corrected chi connectivity index (χ4v) is 9.66. The van der Waals surface area contributed by atoms with Crippen molar-refractivity contribution in [3.8, 4) is 22.6 Å². The molecule has 0 radical (unpaired) electrons. The number of imide groups is 2. The number of benzene rings is 2. The Balaban J connectivity index is 0.870. The van der Waals surface area contributed by atoms with Gasteiger partial charge in [0.2, 0.25) is 11.8 Å². The number of anilines is 1. The van der Waals surface area contributed by atoms with Crippen LogP contribution in [0.15, 0.2) is 41.3 Å². The first-order valence-electron chi connectivity index (χ1n) is 21.1. The molecule has 6 amide bonds. The minimum Gasteiger partial charge on any atom is -0.496 e. The summed E-state index contributed by atoms with van der Waals surface area (Å²) in [7, 11) is 6.42. The number of urea groups is 1. The Bertz CT molecular complexity index is 2350. The molecule has 0 saturated carbocycles. The Hall–Kier alpha value is -5.88. The minimum atomic E-state index is -2.91. The molecule has 5 aliphatic rings. The summed E-state index contributed by atoms with van der Waals surface area (Å²) in [5.74, 6) is -4.79. The van der Waals surface area contributed by atoms with Gasteiger partial charge in [-0.2, -0.15) is 0 Å².